The minimum Gasteiger partial charge on any atom is -0.324 e. The molecule has 76 valence electrons. The third kappa shape index (κ3) is 1.89. The fraction of sp³-hybridized carbons (Fsp3) is 1.00. The summed E-state index contributed by atoms with van der Waals surface area (Å²) in [6.07, 6.45) is 8.02. The normalized spacial score (nSPS) is 42.5. The van der Waals surface area contributed by atoms with E-state index in [0.29, 0.717) is 6.04 Å². The van der Waals surface area contributed by atoms with Gasteiger partial charge in [-0.2, -0.15) is 0 Å². The molecule has 0 bridgehead atoms. The van der Waals surface area contributed by atoms with Crippen molar-refractivity contribution in [1.29, 1.82) is 0 Å². The second-order valence-electron chi connectivity index (χ2n) is 5.01. The van der Waals surface area contributed by atoms with Gasteiger partial charge in [-0.15, -0.1) is 0 Å². The standard InChI is InChI=1S/C11H22N2/c1-11(12)7-3-2-6-10(11)13-8-4-5-9-13/h10H,2-9,12H2,1H3. The van der Waals surface area contributed by atoms with Crippen LogP contribution in [0.3, 0.4) is 0 Å². The van der Waals surface area contributed by atoms with Crippen LogP contribution in [0.2, 0.25) is 0 Å². The highest BCUT2D eigenvalue weighted by molar-refractivity contribution is 4.97. The van der Waals surface area contributed by atoms with Crippen LogP contribution < -0.4 is 5.73 Å². The van der Waals surface area contributed by atoms with Gasteiger partial charge in [-0.25, -0.2) is 0 Å². The van der Waals surface area contributed by atoms with E-state index in [1.807, 2.05) is 0 Å². The molecule has 1 heterocycles. The minimum atomic E-state index is 0.0859. The molecule has 2 rings (SSSR count). The maximum Gasteiger partial charge on any atom is 0.0283 e. The van der Waals surface area contributed by atoms with E-state index in [4.69, 9.17) is 5.73 Å². The van der Waals surface area contributed by atoms with Gasteiger partial charge in [-0.1, -0.05) is 12.8 Å². The fourth-order valence-corrected chi connectivity index (χ4v) is 2.99. The summed E-state index contributed by atoms with van der Waals surface area (Å²) in [6.45, 7) is 4.82. The molecule has 2 heteroatoms. The Balaban J connectivity index is 2.02. The molecule has 1 aliphatic heterocycles. The van der Waals surface area contributed by atoms with Crippen molar-refractivity contribution in [2.24, 2.45) is 5.73 Å². The number of likely N-dealkylation sites (tertiary alicyclic amines) is 1. The first-order valence-corrected chi connectivity index (χ1v) is 5.73. The van der Waals surface area contributed by atoms with Crippen LogP contribution in [0.15, 0.2) is 0 Å². The first kappa shape index (κ1) is 9.47. The number of nitrogens with two attached hydrogens (primary N) is 1. The van der Waals surface area contributed by atoms with E-state index in [2.05, 4.69) is 11.8 Å². The zero-order valence-corrected chi connectivity index (χ0v) is 8.76. The first-order valence-electron chi connectivity index (χ1n) is 5.73. The summed E-state index contributed by atoms with van der Waals surface area (Å²) in [6, 6.07) is 0.670. The van der Waals surface area contributed by atoms with E-state index < -0.39 is 0 Å². The van der Waals surface area contributed by atoms with Crippen LogP contribution in [0.5, 0.6) is 0 Å². The van der Waals surface area contributed by atoms with Gasteiger partial charge in [-0.05, 0) is 45.7 Å². The molecule has 0 amide bonds. The van der Waals surface area contributed by atoms with E-state index in [1.54, 1.807) is 0 Å². The van der Waals surface area contributed by atoms with E-state index in [-0.39, 0.29) is 5.54 Å². The first-order chi connectivity index (χ1) is 6.20. The predicted molar refractivity (Wildman–Crippen MR) is 55.7 cm³/mol. The van der Waals surface area contributed by atoms with E-state index in [0.717, 1.165) is 0 Å². The summed E-state index contributed by atoms with van der Waals surface area (Å²) in [4.78, 5) is 2.62. The molecule has 2 nitrogen and oxygen atoms in total. The summed E-state index contributed by atoms with van der Waals surface area (Å²) >= 11 is 0. The lowest BCUT2D eigenvalue weighted by Gasteiger charge is -2.43. The Morgan fingerprint density at radius 1 is 1.15 bits per heavy atom. The topological polar surface area (TPSA) is 29.3 Å². The van der Waals surface area contributed by atoms with Crippen molar-refractivity contribution >= 4 is 0 Å². The van der Waals surface area contributed by atoms with Gasteiger partial charge in [0.2, 0.25) is 0 Å². The number of hydrogen-bond donors (Lipinski definition) is 1. The Hall–Kier alpha value is -0.0800. The summed E-state index contributed by atoms with van der Waals surface area (Å²) in [5.41, 5.74) is 6.45. The third-order valence-electron chi connectivity index (χ3n) is 3.79. The average Bonchev–Trinajstić information content (AvgIpc) is 2.55. The van der Waals surface area contributed by atoms with Crippen LogP contribution >= 0.6 is 0 Å². The number of hydrogen-bond acceptors (Lipinski definition) is 2. The van der Waals surface area contributed by atoms with Crippen molar-refractivity contribution in [1.82, 2.24) is 4.90 Å². The molecule has 1 saturated carbocycles. The van der Waals surface area contributed by atoms with Crippen LogP contribution in [-0.2, 0) is 0 Å². The van der Waals surface area contributed by atoms with Crippen molar-refractivity contribution in [3.63, 3.8) is 0 Å². The molecule has 2 N–H and O–H groups in total. The van der Waals surface area contributed by atoms with E-state index in [9.17, 15) is 0 Å². The zero-order chi connectivity index (χ0) is 9.31. The third-order valence-corrected chi connectivity index (χ3v) is 3.79. The van der Waals surface area contributed by atoms with Gasteiger partial charge in [0.25, 0.3) is 0 Å². The highest BCUT2D eigenvalue weighted by atomic mass is 15.2. The molecule has 13 heavy (non-hydrogen) atoms. The highest BCUT2D eigenvalue weighted by Crippen LogP contribution is 2.31. The lowest BCUT2D eigenvalue weighted by atomic mass is 9.79. The molecule has 0 radical (unpaired) electrons. The van der Waals surface area contributed by atoms with Crippen molar-refractivity contribution in [2.75, 3.05) is 13.1 Å². The van der Waals surface area contributed by atoms with Crippen molar-refractivity contribution < 1.29 is 0 Å². The van der Waals surface area contributed by atoms with E-state index in [1.165, 1.54) is 51.6 Å². The molecule has 2 fully saturated rings. The van der Waals surface area contributed by atoms with Crippen molar-refractivity contribution in [3.8, 4) is 0 Å². The van der Waals surface area contributed by atoms with Crippen LogP contribution in [0, 0.1) is 0 Å². The summed E-state index contributed by atoms with van der Waals surface area (Å²) in [7, 11) is 0. The smallest absolute Gasteiger partial charge is 0.0283 e. The van der Waals surface area contributed by atoms with Crippen molar-refractivity contribution in [2.45, 2.75) is 57.0 Å². The molecule has 0 aromatic carbocycles. The molecular weight excluding hydrogens is 160 g/mol. The summed E-state index contributed by atoms with van der Waals surface area (Å²) in [5.74, 6) is 0. The Bertz CT molecular complexity index is 171. The molecule has 1 saturated heterocycles. The highest BCUT2D eigenvalue weighted by Gasteiger charge is 2.37. The molecule has 1 aliphatic carbocycles. The monoisotopic (exact) mass is 182 g/mol. The van der Waals surface area contributed by atoms with E-state index >= 15 is 0 Å². The van der Waals surface area contributed by atoms with Crippen LogP contribution in [0.1, 0.15) is 45.4 Å². The van der Waals surface area contributed by atoms with Gasteiger partial charge < -0.3 is 5.73 Å². The second kappa shape index (κ2) is 3.58. The number of rotatable bonds is 1. The van der Waals surface area contributed by atoms with Gasteiger partial charge in [0.15, 0.2) is 0 Å². The minimum absolute atomic E-state index is 0.0859. The average molecular weight is 182 g/mol. The fourth-order valence-electron chi connectivity index (χ4n) is 2.99. The Labute approximate surface area is 81.5 Å². The number of nitrogens with zero attached hydrogens (tertiary/aromatic N) is 1. The molecule has 2 aliphatic rings. The Morgan fingerprint density at radius 3 is 2.46 bits per heavy atom. The van der Waals surface area contributed by atoms with Gasteiger partial charge in [0.05, 0.1) is 0 Å². The van der Waals surface area contributed by atoms with Crippen LogP contribution in [-0.4, -0.2) is 29.6 Å². The van der Waals surface area contributed by atoms with Gasteiger partial charge in [-0.3, -0.25) is 4.90 Å². The van der Waals surface area contributed by atoms with Gasteiger partial charge in [0, 0.05) is 11.6 Å². The molecule has 0 aromatic rings. The zero-order valence-electron chi connectivity index (χ0n) is 8.76. The van der Waals surface area contributed by atoms with Crippen molar-refractivity contribution in [3.05, 3.63) is 0 Å². The lowest BCUT2D eigenvalue weighted by Crippen LogP contribution is -2.57. The Kier molecular flexibility index (Phi) is 2.61. The SMILES string of the molecule is CC1(N)CCCCC1N1CCCC1. The van der Waals surface area contributed by atoms with Gasteiger partial charge in [0.1, 0.15) is 0 Å². The molecule has 0 aromatic heterocycles. The van der Waals surface area contributed by atoms with Gasteiger partial charge >= 0.3 is 0 Å². The maximum atomic E-state index is 6.36. The molecule has 2 unspecified atom stereocenters. The molecule has 2 atom stereocenters. The summed E-state index contributed by atoms with van der Waals surface area (Å²) < 4.78 is 0. The Morgan fingerprint density at radius 2 is 1.85 bits per heavy atom. The second-order valence-corrected chi connectivity index (χ2v) is 5.01. The molecular formula is C11H22N2. The summed E-state index contributed by atoms with van der Waals surface area (Å²) in [5, 5.41) is 0. The largest absolute Gasteiger partial charge is 0.324 e. The quantitative estimate of drug-likeness (QED) is 0.669. The molecule has 0 spiro atoms. The van der Waals surface area contributed by atoms with Crippen LogP contribution in [0.4, 0.5) is 0 Å². The predicted octanol–water partition coefficient (Wildman–Crippen LogP) is 1.74. The lowest BCUT2D eigenvalue weighted by molar-refractivity contribution is 0.113. The maximum absolute atomic E-state index is 6.36. The van der Waals surface area contributed by atoms with Crippen LogP contribution in [0.25, 0.3) is 0 Å².